The zero-order chi connectivity index (χ0) is 15.6. The zero-order valence-corrected chi connectivity index (χ0v) is 12.9. The van der Waals surface area contributed by atoms with Gasteiger partial charge in [0, 0.05) is 29.8 Å². The first-order chi connectivity index (χ1) is 8.98. The lowest BCUT2D eigenvalue weighted by Crippen LogP contribution is -2.36. The first kappa shape index (κ1) is 17.1. The minimum Gasteiger partial charge on any atom is -0.365 e. The van der Waals surface area contributed by atoms with Gasteiger partial charge in [-0.2, -0.15) is 13.2 Å². The van der Waals surface area contributed by atoms with Crippen molar-refractivity contribution >= 4 is 17.3 Å². The monoisotopic (exact) mass is 308 g/mol. The Balaban J connectivity index is 2.95. The average molecular weight is 309 g/mol. The lowest BCUT2D eigenvalue weighted by molar-refractivity contribution is -0.119. The second-order valence-corrected chi connectivity index (χ2v) is 6.28. The summed E-state index contributed by atoms with van der Waals surface area (Å²) >= 11 is 5.94. The van der Waals surface area contributed by atoms with Crippen LogP contribution in [0.15, 0.2) is 18.2 Å². The van der Waals surface area contributed by atoms with Gasteiger partial charge in [-0.05, 0) is 44.5 Å². The highest BCUT2D eigenvalue weighted by Crippen LogP contribution is 2.27. The summed E-state index contributed by atoms with van der Waals surface area (Å²) in [5, 5.41) is 3.77. The minimum atomic E-state index is -4.23. The number of nitrogens with one attached hydrogen (secondary N) is 1. The third-order valence-corrected chi connectivity index (χ3v) is 2.91. The molecule has 114 valence electrons. The second-order valence-electron chi connectivity index (χ2n) is 5.85. The van der Waals surface area contributed by atoms with Gasteiger partial charge in [0.25, 0.3) is 0 Å². The van der Waals surface area contributed by atoms with E-state index in [4.69, 9.17) is 11.6 Å². The van der Waals surface area contributed by atoms with E-state index >= 15 is 0 Å². The molecular weight excluding hydrogens is 289 g/mol. The topological polar surface area (TPSA) is 15.3 Å². The molecule has 0 fully saturated rings. The second kappa shape index (κ2) is 6.22. The third-order valence-electron chi connectivity index (χ3n) is 2.68. The van der Waals surface area contributed by atoms with Crippen molar-refractivity contribution in [2.24, 2.45) is 0 Å². The summed E-state index contributed by atoms with van der Waals surface area (Å²) in [5.74, 6) is 0. The Labute approximate surface area is 122 Å². The quantitative estimate of drug-likeness (QED) is 0.895. The maximum atomic E-state index is 12.5. The fourth-order valence-electron chi connectivity index (χ4n) is 1.78. The van der Waals surface area contributed by atoms with Gasteiger partial charge in [0.05, 0.1) is 0 Å². The number of halogens is 4. The first-order valence-electron chi connectivity index (χ1n) is 6.29. The predicted octanol–water partition coefficient (Wildman–Crippen LogP) is 4.23. The Hall–Kier alpha value is -0.940. The smallest absolute Gasteiger partial charge is 0.365 e. The maximum absolute atomic E-state index is 12.5. The summed E-state index contributed by atoms with van der Waals surface area (Å²) in [4.78, 5) is 1.19. The molecule has 20 heavy (non-hydrogen) atoms. The van der Waals surface area contributed by atoms with Gasteiger partial charge in [-0.3, -0.25) is 0 Å². The van der Waals surface area contributed by atoms with Crippen molar-refractivity contribution in [1.29, 1.82) is 0 Å². The van der Waals surface area contributed by atoms with Crippen LogP contribution in [-0.2, 0) is 6.54 Å². The van der Waals surface area contributed by atoms with E-state index in [1.165, 1.54) is 11.9 Å². The van der Waals surface area contributed by atoms with Crippen LogP contribution in [0, 0.1) is 0 Å². The van der Waals surface area contributed by atoms with Gasteiger partial charge in [-0.15, -0.1) is 0 Å². The van der Waals surface area contributed by atoms with E-state index in [1.807, 2.05) is 20.8 Å². The number of rotatable bonds is 4. The van der Waals surface area contributed by atoms with Crippen molar-refractivity contribution in [3.8, 4) is 0 Å². The third kappa shape index (κ3) is 6.01. The highest BCUT2D eigenvalue weighted by Gasteiger charge is 2.30. The van der Waals surface area contributed by atoms with Gasteiger partial charge in [0.15, 0.2) is 0 Å². The fourth-order valence-corrected chi connectivity index (χ4v) is 1.98. The van der Waals surface area contributed by atoms with Gasteiger partial charge in [-0.1, -0.05) is 11.6 Å². The molecule has 0 aliphatic heterocycles. The highest BCUT2D eigenvalue weighted by molar-refractivity contribution is 6.30. The number of benzene rings is 1. The van der Waals surface area contributed by atoms with Crippen molar-refractivity contribution < 1.29 is 13.2 Å². The van der Waals surface area contributed by atoms with Gasteiger partial charge in [0.1, 0.15) is 6.54 Å². The zero-order valence-electron chi connectivity index (χ0n) is 12.1. The van der Waals surface area contributed by atoms with Gasteiger partial charge < -0.3 is 10.2 Å². The Morgan fingerprint density at radius 1 is 1.20 bits per heavy atom. The van der Waals surface area contributed by atoms with E-state index in [0.29, 0.717) is 17.3 Å². The molecule has 0 radical (unpaired) electrons. The van der Waals surface area contributed by atoms with Gasteiger partial charge in [0.2, 0.25) is 0 Å². The molecule has 0 saturated carbocycles. The molecule has 0 heterocycles. The van der Waals surface area contributed by atoms with Crippen LogP contribution in [0.2, 0.25) is 5.02 Å². The molecule has 1 N–H and O–H groups in total. The van der Waals surface area contributed by atoms with Crippen LogP contribution in [0.5, 0.6) is 0 Å². The van der Waals surface area contributed by atoms with Crippen LogP contribution in [-0.4, -0.2) is 25.3 Å². The molecular formula is C14H20ClF3N2. The molecule has 0 bridgehead atoms. The number of hydrogen-bond acceptors (Lipinski definition) is 2. The summed E-state index contributed by atoms with van der Waals surface area (Å²) in [6, 6.07) is 4.92. The Morgan fingerprint density at radius 2 is 1.80 bits per heavy atom. The summed E-state index contributed by atoms with van der Waals surface area (Å²) in [6.07, 6.45) is -4.23. The van der Waals surface area contributed by atoms with E-state index in [-0.39, 0.29) is 5.54 Å². The molecule has 0 atom stereocenters. The molecule has 1 rings (SSSR count). The Morgan fingerprint density at radius 3 is 2.30 bits per heavy atom. The standard InChI is InChI=1S/C14H20ClF3N2/c1-13(2,3)19-8-10-7-11(15)5-6-12(10)20(4)9-14(16,17)18/h5-7,19H,8-9H2,1-4H3. The van der Waals surface area contributed by atoms with Crippen molar-refractivity contribution in [1.82, 2.24) is 5.32 Å². The lowest BCUT2D eigenvalue weighted by atomic mass is 10.1. The van der Waals surface area contributed by atoms with E-state index < -0.39 is 12.7 Å². The Bertz CT molecular complexity index is 453. The van der Waals surface area contributed by atoms with Crippen molar-refractivity contribution in [2.75, 3.05) is 18.5 Å². The van der Waals surface area contributed by atoms with Crippen LogP contribution in [0.4, 0.5) is 18.9 Å². The normalized spacial score (nSPS) is 12.6. The lowest BCUT2D eigenvalue weighted by Gasteiger charge is -2.26. The fraction of sp³-hybridized carbons (Fsp3) is 0.571. The van der Waals surface area contributed by atoms with Gasteiger partial charge in [-0.25, -0.2) is 0 Å². The first-order valence-corrected chi connectivity index (χ1v) is 6.67. The molecule has 6 heteroatoms. The minimum absolute atomic E-state index is 0.123. The summed E-state index contributed by atoms with van der Waals surface area (Å²) < 4.78 is 37.5. The molecule has 0 aliphatic carbocycles. The van der Waals surface area contributed by atoms with E-state index in [9.17, 15) is 13.2 Å². The molecule has 0 aliphatic rings. The summed E-state index contributed by atoms with van der Waals surface area (Å²) in [7, 11) is 1.43. The molecule has 0 saturated heterocycles. The number of anilines is 1. The van der Waals surface area contributed by atoms with Crippen LogP contribution in [0.3, 0.4) is 0 Å². The molecule has 1 aromatic rings. The number of hydrogen-bond donors (Lipinski definition) is 1. The van der Waals surface area contributed by atoms with Crippen LogP contribution >= 0.6 is 11.6 Å². The molecule has 0 unspecified atom stereocenters. The van der Waals surface area contributed by atoms with Crippen LogP contribution in [0.1, 0.15) is 26.3 Å². The molecule has 2 nitrogen and oxygen atoms in total. The molecule has 1 aromatic carbocycles. The molecule has 0 amide bonds. The summed E-state index contributed by atoms with van der Waals surface area (Å²) in [5.41, 5.74) is 1.16. The predicted molar refractivity (Wildman–Crippen MR) is 77.4 cm³/mol. The Kier molecular flexibility index (Phi) is 5.33. The van der Waals surface area contributed by atoms with Crippen molar-refractivity contribution in [3.05, 3.63) is 28.8 Å². The number of alkyl halides is 3. The maximum Gasteiger partial charge on any atom is 0.405 e. The van der Waals surface area contributed by atoms with E-state index in [0.717, 1.165) is 5.56 Å². The SMILES string of the molecule is CN(CC(F)(F)F)c1ccc(Cl)cc1CNC(C)(C)C. The highest BCUT2D eigenvalue weighted by atomic mass is 35.5. The van der Waals surface area contributed by atoms with E-state index in [1.54, 1.807) is 18.2 Å². The van der Waals surface area contributed by atoms with Crippen LogP contribution < -0.4 is 10.2 Å². The number of nitrogens with zero attached hydrogens (tertiary/aromatic N) is 1. The average Bonchev–Trinajstić information content (AvgIpc) is 2.22. The van der Waals surface area contributed by atoms with Crippen LogP contribution in [0.25, 0.3) is 0 Å². The summed E-state index contributed by atoms with van der Waals surface area (Å²) in [6.45, 7) is 5.46. The molecule has 0 aromatic heterocycles. The van der Waals surface area contributed by atoms with E-state index in [2.05, 4.69) is 5.32 Å². The van der Waals surface area contributed by atoms with Crippen molar-refractivity contribution in [2.45, 2.75) is 39.0 Å². The van der Waals surface area contributed by atoms with Crippen molar-refractivity contribution in [3.63, 3.8) is 0 Å². The van der Waals surface area contributed by atoms with Gasteiger partial charge >= 0.3 is 6.18 Å². The molecule has 0 spiro atoms. The largest absolute Gasteiger partial charge is 0.405 e.